The lowest BCUT2D eigenvalue weighted by Crippen LogP contribution is -2.23. The maximum Gasteiger partial charge on any atom is 0.330 e. The third kappa shape index (κ3) is 3.71. The highest BCUT2D eigenvalue weighted by Gasteiger charge is 2.05. The van der Waals surface area contributed by atoms with Crippen LogP contribution in [0.15, 0.2) is 24.4 Å². The minimum Gasteiger partial charge on any atom is -0.466 e. The molecule has 1 amide bonds. The average molecular weight is 234 g/mol. The third-order valence-electron chi connectivity index (χ3n) is 2.20. The number of carbonyl (C=O) groups is 2. The fourth-order valence-corrected chi connectivity index (χ4v) is 1.09. The monoisotopic (exact) mass is 234 g/mol. The first kappa shape index (κ1) is 12.9. The number of methoxy groups -OCH3 is 1. The first-order chi connectivity index (χ1) is 8.04. The highest BCUT2D eigenvalue weighted by molar-refractivity contribution is 5.90. The summed E-state index contributed by atoms with van der Waals surface area (Å²) in [7, 11) is 2.96. The maximum atomic E-state index is 11.1. The minimum atomic E-state index is -0.421. The third-order valence-corrected chi connectivity index (χ3v) is 2.20. The highest BCUT2D eigenvalue weighted by atomic mass is 16.5. The second-order valence-corrected chi connectivity index (χ2v) is 3.38. The van der Waals surface area contributed by atoms with Gasteiger partial charge < -0.3 is 9.64 Å². The molecule has 0 N–H and O–H groups in total. The Morgan fingerprint density at radius 3 is 2.59 bits per heavy atom. The van der Waals surface area contributed by atoms with Crippen molar-refractivity contribution < 1.29 is 14.3 Å². The van der Waals surface area contributed by atoms with Crippen LogP contribution in [0.2, 0.25) is 0 Å². The number of nitrogens with zero attached hydrogens (tertiary/aromatic N) is 2. The molecule has 1 aromatic heterocycles. The topological polar surface area (TPSA) is 59.5 Å². The summed E-state index contributed by atoms with van der Waals surface area (Å²) in [6, 6.07) is 3.47. The van der Waals surface area contributed by atoms with Crippen LogP contribution in [0.3, 0.4) is 0 Å². The Kier molecular flexibility index (Phi) is 4.39. The molecule has 5 nitrogen and oxygen atoms in total. The van der Waals surface area contributed by atoms with Crippen molar-refractivity contribution in [3.8, 4) is 0 Å². The molecule has 1 heterocycles. The Bertz CT molecular complexity index is 438. The van der Waals surface area contributed by atoms with Crippen LogP contribution in [0.4, 0.5) is 5.82 Å². The second kappa shape index (κ2) is 5.79. The van der Waals surface area contributed by atoms with Gasteiger partial charge in [-0.3, -0.25) is 4.79 Å². The lowest BCUT2D eigenvalue weighted by molar-refractivity contribution is -0.134. The lowest BCUT2D eigenvalue weighted by atomic mass is 10.2. The summed E-state index contributed by atoms with van der Waals surface area (Å²) < 4.78 is 4.47. The van der Waals surface area contributed by atoms with Crippen molar-refractivity contribution in [1.29, 1.82) is 0 Å². The van der Waals surface area contributed by atoms with Crippen molar-refractivity contribution >= 4 is 23.8 Å². The van der Waals surface area contributed by atoms with Gasteiger partial charge in [0.25, 0.3) is 0 Å². The smallest absolute Gasteiger partial charge is 0.330 e. The summed E-state index contributed by atoms with van der Waals surface area (Å²) >= 11 is 0. The van der Waals surface area contributed by atoms with Gasteiger partial charge in [-0.25, -0.2) is 9.78 Å². The van der Waals surface area contributed by atoms with E-state index >= 15 is 0 Å². The number of ether oxygens (including phenoxy) is 1. The number of anilines is 1. The van der Waals surface area contributed by atoms with Gasteiger partial charge in [-0.05, 0) is 23.8 Å². The molecule has 0 radical (unpaired) electrons. The quantitative estimate of drug-likeness (QED) is 0.583. The molecule has 1 rings (SSSR count). The number of pyridine rings is 1. The van der Waals surface area contributed by atoms with Crippen LogP contribution in [-0.4, -0.2) is 31.0 Å². The second-order valence-electron chi connectivity index (χ2n) is 3.38. The average Bonchev–Trinajstić information content (AvgIpc) is 2.35. The maximum absolute atomic E-state index is 11.1. The van der Waals surface area contributed by atoms with Crippen molar-refractivity contribution in [3.63, 3.8) is 0 Å². The van der Waals surface area contributed by atoms with Crippen molar-refractivity contribution in [1.82, 2.24) is 4.98 Å². The molecule has 0 aromatic carbocycles. The zero-order valence-corrected chi connectivity index (χ0v) is 10.0. The van der Waals surface area contributed by atoms with Crippen LogP contribution < -0.4 is 4.90 Å². The van der Waals surface area contributed by atoms with E-state index in [2.05, 4.69) is 9.72 Å². The predicted octanol–water partition coefficient (Wildman–Crippen LogP) is 1.25. The molecule has 0 bridgehead atoms. The largest absolute Gasteiger partial charge is 0.466 e. The predicted molar refractivity (Wildman–Crippen MR) is 64.4 cm³/mol. The molecule has 5 heteroatoms. The molecule has 17 heavy (non-hydrogen) atoms. The molecule has 0 aliphatic rings. The van der Waals surface area contributed by atoms with Gasteiger partial charge in [0.05, 0.1) is 7.11 Å². The molecule has 0 unspecified atom stereocenters. The van der Waals surface area contributed by atoms with E-state index in [0.29, 0.717) is 5.82 Å². The van der Waals surface area contributed by atoms with E-state index in [1.807, 2.05) is 0 Å². The Balaban J connectivity index is 2.78. The molecule has 0 saturated heterocycles. The molecular formula is C12H14N2O3. The Morgan fingerprint density at radius 1 is 1.41 bits per heavy atom. The van der Waals surface area contributed by atoms with Gasteiger partial charge in [-0.15, -0.1) is 0 Å². The normalized spacial score (nSPS) is 10.3. The number of hydrogen-bond acceptors (Lipinski definition) is 4. The molecule has 1 aromatic rings. The SMILES string of the molecule is COC(=O)/C=C/c1ccc(N(C)C(C)=O)nc1. The number of amides is 1. The fraction of sp³-hybridized carbons (Fsp3) is 0.250. The number of hydrogen-bond donors (Lipinski definition) is 0. The van der Waals surface area contributed by atoms with Gasteiger partial charge in [-0.1, -0.05) is 0 Å². The number of esters is 1. The molecule has 0 aliphatic carbocycles. The summed E-state index contributed by atoms with van der Waals surface area (Å²) in [5, 5.41) is 0. The summed E-state index contributed by atoms with van der Waals surface area (Å²) in [5.41, 5.74) is 0.760. The summed E-state index contributed by atoms with van der Waals surface area (Å²) in [6.07, 6.45) is 4.48. The van der Waals surface area contributed by atoms with Crippen molar-refractivity contribution in [3.05, 3.63) is 30.0 Å². The van der Waals surface area contributed by atoms with Crippen molar-refractivity contribution in [2.45, 2.75) is 6.92 Å². The molecule has 0 spiro atoms. The van der Waals surface area contributed by atoms with E-state index in [-0.39, 0.29) is 5.91 Å². The lowest BCUT2D eigenvalue weighted by Gasteiger charge is -2.13. The Hall–Kier alpha value is -2.17. The van der Waals surface area contributed by atoms with Crippen LogP contribution in [0.1, 0.15) is 12.5 Å². The van der Waals surface area contributed by atoms with Crippen LogP contribution in [0, 0.1) is 0 Å². The van der Waals surface area contributed by atoms with Crippen molar-refractivity contribution in [2.75, 3.05) is 19.1 Å². The fourth-order valence-electron chi connectivity index (χ4n) is 1.09. The summed E-state index contributed by atoms with van der Waals surface area (Å²) in [6.45, 7) is 1.47. The first-order valence-corrected chi connectivity index (χ1v) is 5.01. The van der Waals surface area contributed by atoms with E-state index in [9.17, 15) is 9.59 Å². The molecule has 90 valence electrons. The molecule has 0 fully saturated rings. The number of aromatic nitrogens is 1. The van der Waals surface area contributed by atoms with E-state index in [1.54, 1.807) is 31.5 Å². The van der Waals surface area contributed by atoms with Crippen LogP contribution in [-0.2, 0) is 14.3 Å². The number of carbonyl (C=O) groups excluding carboxylic acids is 2. The van der Waals surface area contributed by atoms with E-state index < -0.39 is 5.97 Å². The number of rotatable bonds is 3. The first-order valence-electron chi connectivity index (χ1n) is 5.01. The van der Waals surface area contributed by atoms with Gasteiger partial charge >= 0.3 is 5.97 Å². The minimum absolute atomic E-state index is 0.0876. The standard InChI is InChI=1S/C12H14N2O3/c1-9(15)14(2)11-6-4-10(8-13-11)5-7-12(16)17-3/h4-8H,1-3H3/b7-5+. The van der Waals surface area contributed by atoms with Gasteiger partial charge in [0.15, 0.2) is 0 Å². The van der Waals surface area contributed by atoms with Crippen molar-refractivity contribution in [2.24, 2.45) is 0 Å². The van der Waals surface area contributed by atoms with E-state index in [1.165, 1.54) is 25.0 Å². The van der Waals surface area contributed by atoms with Gasteiger partial charge in [-0.2, -0.15) is 0 Å². The summed E-state index contributed by atoms with van der Waals surface area (Å²) in [5.74, 6) is 0.0537. The molecule has 0 atom stereocenters. The van der Waals surface area contributed by atoms with Crippen LogP contribution >= 0.6 is 0 Å². The van der Waals surface area contributed by atoms with Crippen LogP contribution in [0.25, 0.3) is 6.08 Å². The van der Waals surface area contributed by atoms with Gasteiger partial charge in [0, 0.05) is 26.2 Å². The molecule has 0 aliphatic heterocycles. The highest BCUT2D eigenvalue weighted by Crippen LogP contribution is 2.10. The zero-order chi connectivity index (χ0) is 12.8. The Labute approximate surface area is 99.7 Å². The van der Waals surface area contributed by atoms with E-state index in [0.717, 1.165) is 5.56 Å². The molecular weight excluding hydrogens is 220 g/mol. The van der Waals surface area contributed by atoms with Gasteiger partial charge in [0.1, 0.15) is 5.82 Å². The molecule has 0 saturated carbocycles. The summed E-state index contributed by atoms with van der Waals surface area (Å²) in [4.78, 5) is 27.5. The van der Waals surface area contributed by atoms with Crippen LogP contribution in [0.5, 0.6) is 0 Å². The van der Waals surface area contributed by atoms with Gasteiger partial charge in [0.2, 0.25) is 5.91 Å². The zero-order valence-electron chi connectivity index (χ0n) is 10.0. The van der Waals surface area contributed by atoms with E-state index in [4.69, 9.17) is 0 Å². The Morgan fingerprint density at radius 2 is 2.12 bits per heavy atom.